The van der Waals surface area contributed by atoms with Crippen molar-refractivity contribution < 1.29 is 0 Å². The Labute approximate surface area is 155 Å². The zero-order valence-corrected chi connectivity index (χ0v) is 15.5. The van der Waals surface area contributed by atoms with E-state index in [-0.39, 0.29) is 0 Å². The Morgan fingerprint density at radius 3 is 2.04 bits per heavy atom. The van der Waals surface area contributed by atoms with Crippen LogP contribution in [0.3, 0.4) is 0 Å². The Balaban J connectivity index is 2.16. The van der Waals surface area contributed by atoms with Gasteiger partial charge in [0.05, 0.1) is 0 Å². The van der Waals surface area contributed by atoms with E-state index in [9.17, 15) is 0 Å². The highest BCUT2D eigenvalue weighted by Gasteiger charge is 2.34. The van der Waals surface area contributed by atoms with Gasteiger partial charge in [-0.05, 0) is 41.2 Å². The molecular weight excluding hydrogens is 324 g/mol. The maximum Gasteiger partial charge on any atom is 0.120 e. The number of alkyl halides is 1. The summed E-state index contributed by atoms with van der Waals surface area (Å²) in [5.41, 5.74) is 5.68. The van der Waals surface area contributed by atoms with E-state index >= 15 is 0 Å². The van der Waals surface area contributed by atoms with E-state index in [1.807, 2.05) is 18.2 Å². The van der Waals surface area contributed by atoms with Crippen molar-refractivity contribution in [3.8, 4) is 0 Å². The minimum atomic E-state index is -0.695. The molecule has 0 N–H and O–H groups in total. The van der Waals surface area contributed by atoms with Crippen LogP contribution in [0.5, 0.6) is 0 Å². The maximum atomic E-state index is 7.36. The monoisotopic (exact) mass is 346 g/mol. The maximum absolute atomic E-state index is 7.36. The second-order valence-corrected chi connectivity index (χ2v) is 6.84. The van der Waals surface area contributed by atoms with Gasteiger partial charge in [0.1, 0.15) is 4.87 Å². The number of rotatable bonds is 5. The fourth-order valence-electron chi connectivity index (χ4n) is 3.18. The Morgan fingerprint density at radius 2 is 1.40 bits per heavy atom. The molecule has 0 saturated heterocycles. The van der Waals surface area contributed by atoms with Gasteiger partial charge in [-0.15, -0.1) is 11.6 Å². The third-order valence-corrected chi connectivity index (χ3v) is 5.18. The van der Waals surface area contributed by atoms with E-state index in [2.05, 4.69) is 86.7 Å². The average molecular weight is 347 g/mol. The molecule has 0 nitrogen and oxygen atoms in total. The summed E-state index contributed by atoms with van der Waals surface area (Å²) in [6.45, 7) is 4.26. The SMILES string of the molecule is CC/C=C/c1ccc(C(Cl)(c2ccccc2)c2ccccc2C)cc1. The molecule has 3 rings (SSSR count). The van der Waals surface area contributed by atoms with Crippen LogP contribution in [0.15, 0.2) is 84.9 Å². The Hall–Kier alpha value is -2.31. The molecule has 1 unspecified atom stereocenters. The van der Waals surface area contributed by atoms with Crippen molar-refractivity contribution in [2.45, 2.75) is 25.1 Å². The molecule has 0 heterocycles. The van der Waals surface area contributed by atoms with Crippen molar-refractivity contribution in [3.63, 3.8) is 0 Å². The zero-order valence-electron chi connectivity index (χ0n) is 14.7. The summed E-state index contributed by atoms with van der Waals surface area (Å²) in [6, 6.07) is 27.2. The molecule has 0 radical (unpaired) electrons. The topological polar surface area (TPSA) is 0 Å². The molecule has 0 fully saturated rings. The smallest absolute Gasteiger partial charge is 0.104 e. The van der Waals surface area contributed by atoms with Crippen molar-refractivity contribution in [2.24, 2.45) is 0 Å². The average Bonchev–Trinajstić information content (AvgIpc) is 2.67. The van der Waals surface area contributed by atoms with Crippen LogP contribution in [0.4, 0.5) is 0 Å². The van der Waals surface area contributed by atoms with Gasteiger partial charge >= 0.3 is 0 Å². The van der Waals surface area contributed by atoms with Crippen molar-refractivity contribution in [1.29, 1.82) is 0 Å². The fourth-order valence-corrected chi connectivity index (χ4v) is 3.65. The van der Waals surface area contributed by atoms with Crippen LogP contribution in [0.25, 0.3) is 6.08 Å². The highest BCUT2D eigenvalue weighted by Crippen LogP contribution is 2.44. The molecular formula is C24H23Cl. The van der Waals surface area contributed by atoms with Crippen molar-refractivity contribution >= 4 is 17.7 Å². The fraction of sp³-hybridized carbons (Fsp3) is 0.167. The number of allylic oxidation sites excluding steroid dienone is 1. The molecule has 0 amide bonds. The van der Waals surface area contributed by atoms with Crippen LogP contribution < -0.4 is 0 Å². The lowest BCUT2D eigenvalue weighted by molar-refractivity contribution is 0.868. The molecule has 0 saturated carbocycles. The molecule has 126 valence electrons. The summed E-state index contributed by atoms with van der Waals surface area (Å²) >= 11 is 7.36. The minimum absolute atomic E-state index is 0.695. The number of halogens is 1. The van der Waals surface area contributed by atoms with Gasteiger partial charge in [-0.2, -0.15) is 0 Å². The predicted molar refractivity (Wildman–Crippen MR) is 109 cm³/mol. The lowest BCUT2D eigenvalue weighted by Gasteiger charge is -2.30. The number of benzene rings is 3. The predicted octanol–water partition coefficient (Wildman–Crippen LogP) is 6.95. The highest BCUT2D eigenvalue weighted by molar-refractivity contribution is 6.28. The number of hydrogen-bond donors (Lipinski definition) is 0. The van der Waals surface area contributed by atoms with Gasteiger partial charge < -0.3 is 0 Å². The van der Waals surface area contributed by atoms with E-state index < -0.39 is 4.87 Å². The van der Waals surface area contributed by atoms with Crippen LogP contribution in [0, 0.1) is 6.92 Å². The van der Waals surface area contributed by atoms with Gasteiger partial charge in [-0.1, -0.05) is 97.9 Å². The normalized spacial score (nSPS) is 13.7. The summed E-state index contributed by atoms with van der Waals surface area (Å²) in [5.74, 6) is 0. The second-order valence-electron chi connectivity index (χ2n) is 6.27. The summed E-state index contributed by atoms with van der Waals surface area (Å²) < 4.78 is 0. The molecule has 25 heavy (non-hydrogen) atoms. The molecule has 0 spiro atoms. The molecule has 0 aromatic heterocycles. The van der Waals surface area contributed by atoms with Gasteiger partial charge in [0.15, 0.2) is 0 Å². The lowest BCUT2D eigenvalue weighted by atomic mass is 9.82. The Kier molecular flexibility index (Phi) is 5.40. The number of hydrogen-bond acceptors (Lipinski definition) is 0. The summed E-state index contributed by atoms with van der Waals surface area (Å²) in [5, 5.41) is 0. The molecule has 3 aromatic carbocycles. The van der Waals surface area contributed by atoms with Crippen LogP contribution >= 0.6 is 11.6 Å². The Morgan fingerprint density at radius 1 is 0.800 bits per heavy atom. The summed E-state index contributed by atoms with van der Waals surface area (Å²) in [4.78, 5) is -0.695. The van der Waals surface area contributed by atoms with E-state index in [4.69, 9.17) is 11.6 Å². The molecule has 0 aliphatic carbocycles. The van der Waals surface area contributed by atoms with Crippen molar-refractivity contribution in [3.05, 3.63) is 113 Å². The van der Waals surface area contributed by atoms with Crippen LogP contribution in [-0.2, 0) is 4.87 Å². The van der Waals surface area contributed by atoms with Gasteiger partial charge in [-0.3, -0.25) is 0 Å². The summed E-state index contributed by atoms with van der Waals surface area (Å²) in [7, 11) is 0. The van der Waals surface area contributed by atoms with E-state index in [1.165, 1.54) is 11.1 Å². The minimum Gasteiger partial charge on any atom is -0.104 e. The van der Waals surface area contributed by atoms with Crippen molar-refractivity contribution in [1.82, 2.24) is 0 Å². The van der Waals surface area contributed by atoms with Gasteiger partial charge in [0.25, 0.3) is 0 Å². The first kappa shape index (κ1) is 17.5. The van der Waals surface area contributed by atoms with Gasteiger partial charge in [-0.25, -0.2) is 0 Å². The molecule has 0 aliphatic rings. The van der Waals surface area contributed by atoms with E-state index in [1.54, 1.807) is 0 Å². The highest BCUT2D eigenvalue weighted by atomic mass is 35.5. The summed E-state index contributed by atoms with van der Waals surface area (Å²) in [6.07, 6.45) is 5.35. The first-order valence-electron chi connectivity index (χ1n) is 8.74. The third-order valence-electron chi connectivity index (χ3n) is 4.54. The first-order valence-corrected chi connectivity index (χ1v) is 9.11. The van der Waals surface area contributed by atoms with Crippen LogP contribution in [0.2, 0.25) is 0 Å². The zero-order chi connectivity index (χ0) is 17.7. The van der Waals surface area contributed by atoms with E-state index in [0.717, 1.165) is 23.1 Å². The quantitative estimate of drug-likeness (QED) is 0.346. The molecule has 1 heteroatoms. The molecule has 3 aromatic rings. The third kappa shape index (κ3) is 3.55. The Bertz CT molecular complexity index is 847. The van der Waals surface area contributed by atoms with E-state index in [0.29, 0.717) is 0 Å². The van der Waals surface area contributed by atoms with Crippen LogP contribution in [-0.4, -0.2) is 0 Å². The first-order chi connectivity index (χ1) is 12.2. The number of aryl methyl sites for hydroxylation is 1. The van der Waals surface area contributed by atoms with Crippen molar-refractivity contribution in [2.75, 3.05) is 0 Å². The standard InChI is InChI=1S/C24H23Cl/c1-3-4-11-20-15-17-22(18-16-20)24(25,21-12-6-5-7-13-21)23-14-9-8-10-19(23)2/h4-18H,3H2,1-2H3/b11-4+. The lowest BCUT2D eigenvalue weighted by Crippen LogP contribution is -2.23. The van der Waals surface area contributed by atoms with Gasteiger partial charge in [0.2, 0.25) is 0 Å². The molecule has 0 bridgehead atoms. The molecule has 1 atom stereocenters. The van der Waals surface area contributed by atoms with Crippen LogP contribution in [0.1, 0.15) is 41.2 Å². The molecule has 0 aliphatic heterocycles. The second kappa shape index (κ2) is 7.72. The van der Waals surface area contributed by atoms with Gasteiger partial charge in [0, 0.05) is 0 Å². The largest absolute Gasteiger partial charge is 0.120 e.